The molecule has 2 N–H and O–H groups in total. The van der Waals surface area contributed by atoms with Crippen LogP contribution >= 0.6 is 23.2 Å². The minimum absolute atomic E-state index is 0.00659. The molecule has 1 aliphatic carbocycles. The second-order valence-corrected chi connectivity index (χ2v) is 9.98. The van der Waals surface area contributed by atoms with Crippen molar-refractivity contribution in [2.75, 3.05) is 4.90 Å². The van der Waals surface area contributed by atoms with Crippen LogP contribution < -0.4 is 10.6 Å². The highest BCUT2D eigenvalue weighted by atomic mass is 35.5. The van der Waals surface area contributed by atoms with E-state index < -0.39 is 23.1 Å². The van der Waals surface area contributed by atoms with Crippen molar-refractivity contribution in [3.8, 4) is 6.07 Å². The van der Waals surface area contributed by atoms with Gasteiger partial charge in [0.15, 0.2) is 5.78 Å². The topological polar surface area (TPSA) is 70.1 Å². The van der Waals surface area contributed by atoms with Gasteiger partial charge in [-0.05, 0) is 41.7 Å². The van der Waals surface area contributed by atoms with Gasteiger partial charge in [-0.1, -0.05) is 55.2 Å². The normalized spacial score (nSPS) is 20.4. The lowest BCUT2D eigenvalue weighted by molar-refractivity contribution is -0.137. The molecule has 0 radical (unpaired) electrons. The third-order valence-corrected chi connectivity index (χ3v) is 6.78. The fraction of sp³-hybridized carbons (Fsp3) is 0.280. The number of hydrogen-bond donors (Lipinski definition) is 1. The van der Waals surface area contributed by atoms with Crippen molar-refractivity contribution in [3.63, 3.8) is 0 Å². The van der Waals surface area contributed by atoms with Gasteiger partial charge in [0.05, 0.1) is 33.8 Å². The number of halogens is 5. The van der Waals surface area contributed by atoms with E-state index in [1.54, 1.807) is 24.3 Å². The zero-order valence-corrected chi connectivity index (χ0v) is 19.8. The first-order chi connectivity index (χ1) is 15.9. The summed E-state index contributed by atoms with van der Waals surface area (Å²) < 4.78 is 40.5. The van der Waals surface area contributed by atoms with Crippen molar-refractivity contribution >= 4 is 34.7 Å². The van der Waals surface area contributed by atoms with Gasteiger partial charge in [-0.15, -0.1) is 0 Å². The Balaban J connectivity index is 2.05. The lowest BCUT2D eigenvalue weighted by Crippen LogP contribution is -2.42. The lowest BCUT2D eigenvalue weighted by atomic mass is 9.68. The monoisotopic (exact) mass is 505 g/mol. The number of carbonyl (C=O) groups excluding carboxylic acids is 1. The second kappa shape index (κ2) is 8.37. The van der Waals surface area contributed by atoms with E-state index in [9.17, 15) is 23.2 Å². The van der Waals surface area contributed by atoms with Crippen LogP contribution in [0, 0.1) is 16.7 Å². The largest absolute Gasteiger partial charge is 0.416 e. The number of Topliss-reactive ketones (excluding diaryl/α,β-unsaturated/α-hetero) is 1. The third-order valence-electron chi connectivity index (χ3n) is 6.11. The molecule has 34 heavy (non-hydrogen) atoms. The summed E-state index contributed by atoms with van der Waals surface area (Å²) in [5.74, 6) is -1.14. The quantitative estimate of drug-likeness (QED) is 0.479. The van der Waals surface area contributed by atoms with E-state index in [1.807, 2.05) is 13.8 Å². The zero-order chi connectivity index (χ0) is 25.0. The fourth-order valence-electron chi connectivity index (χ4n) is 4.66. The highest BCUT2D eigenvalue weighted by molar-refractivity contribution is 6.33. The van der Waals surface area contributed by atoms with Gasteiger partial charge >= 0.3 is 6.18 Å². The summed E-state index contributed by atoms with van der Waals surface area (Å²) in [6.45, 7) is 3.79. The van der Waals surface area contributed by atoms with Crippen LogP contribution in [0.1, 0.15) is 43.7 Å². The van der Waals surface area contributed by atoms with Gasteiger partial charge in [0, 0.05) is 22.7 Å². The average Bonchev–Trinajstić information content (AvgIpc) is 2.73. The highest BCUT2D eigenvalue weighted by Crippen LogP contribution is 2.52. The van der Waals surface area contributed by atoms with Crippen LogP contribution in [0.3, 0.4) is 0 Å². The standard InChI is InChI=1S/C25H20Cl2F3N3O/c1-24(2)10-19-22(20(34)11-24)21(14-5-3-4-6-16(14)26)15(12-31)23(32)33(19)18-9-13(25(28,29)30)7-8-17(18)27/h3-9,21H,10-11,32H2,1-2H3/t21-/m0/s1. The molecule has 2 aromatic carbocycles. The van der Waals surface area contributed by atoms with Crippen molar-refractivity contribution in [2.24, 2.45) is 11.1 Å². The average molecular weight is 506 g/mol. The van der Waals surface area contributed by atoms with Crippen LogP contribution in [0.25, 0.3) is 0 Å². The maximum atomic E-state index is 13.5. The Bertz CT molecular complexity index is 1310. The second-order valence-electron chi connectivity index (χ2n) is 9.17. The SMILES string of the molecule is CC1(C)CC(=O)C2=C(C1)N(c1cc(C(F)(F)F)ccc1Cl)C(N)=C(C#N)[C@@H]2c1ccccc1Cl. The Morgan fingerprint density at radius 2 is 1.79 bits per heavy atom. The number of benzene rings is 2. The van der Waals surface area contributed by atoms with Gasteiger partial charge in [-0.3, -0.25) is 9.69 Å². The molecule has 4 nitrogen and oxygen atoms in total. The van der Waals surface area contributed by atoms with E-state index >= 15 is 0 Å². The molecule has 1 heterocycles. The Morgan fingerprint density at radius 3 is 2.41 bits per heavy atom. The maximum Gasteiger partial charge on any atom is 0.416 e. The Labute approximate surface area is 205 Å². The number of rotatable bonds is 2. The van der Waals surface area contributed by atoms with Crippen molar-refractivity contribution in [1.82, 2.24) is 0 Å². The molecule has 2 aliphatic rings. The fourth-order valence-corrected chi connectivity index (χ4v) is 5.11. The summed E-state index contributed by atoms with van der Waals surface area (Å²) in [5.41, 5.74) is 6.28. The van der Waals surface area contributed by atoms with Gasteiger partial charge in [-0.2, -0.15) is 18.4 Å². The maximum absolute atomic E-state index is 13.5. The molecule has 9 heteroatoms. The number of allylic oxidation sites excluding steroid dienone is 3. The molecular formula is C25H20Cl2F3N3O. The number of nitriles is 1. The molecule has 0 aromatic heterocycles. The number of alkyl halides is 3. The van der Waals surface area contributed by atoms with Crippen molar-refractivity contribution in [1.29, 1.82) is 5.26 Å². The predicted molar refractivity (Wildman–Crippen MR) is 125 cm³/mol. The van der Waals surface area contributed by atoms with Crippen LogP contribution in [0.4, 0.5) is 18.9 Å². The first kappa shape index (κ1) is 24.2. The van der Waals surface area contributed by atoms with Crippen molar-refractivity contribution < 1.29 is 18.0 Å². The molecule has 1 atom stereocenters. The first-order valence-electron chi connectivity index (χ1n) is 10.4. The first-order valence-corrected chi connectivity index (χ1v) is 11.2. The Kier molecular flexibility index (Phi) is 5.95. The number of anilines is 1. The van der Waals surface area contributed by atoms with Crippen LogP contribution in [0.5, 0.6) is 0 Å². The Morgan fingerprint density at radius 1 is 1.12 bits per heavy atom. The molecule has 1 aliphatic heterocycles. The minimum Gasteiger partial charge on any atom is -0.384 e. The zero-order valence-electron chi connectivity index (χ0n) is 18.3. The minimum atomic E-state index is -4.62. The number of hydrogen-bond acceptors (Lipinski definition) is 4. The van der Waals surface area contributed by atoms with E-state index in [1.165, 1.54) is 4.90 Å². The van der Waals surface area contributed by atoms with Crippen molar-refractivity contribution in [3.05, 3.63) is 86.3 Å². The molecule has 0 fully saturated rings. The van der Waals surface area contributed by atoms with Gasteiger partial charge in [0.25, 0.3) is 0 Å². The summed E-state index contributed by atoms with van der Waals surface area (Å²) in [7, 11) is 0. The molecule has 4 rings (SSSR count). The van der Waals surface area contributed by atoms with Crippen LogP contribution in [-0.2, 0) is 11.0 Å². The molecule has 0 bridgehead atoms. The number of ketones is 1. The third kappa shape index (κ3) is 4.06. The number of nitrogens with zero attached hydrogens (tertiary/aromatic N) is 2. The van der Waals surface area contributed by atoms with Gasteiger partial charge < -0.3 is 5.73 Å². The predicted octanol–water partition coefficient (Wildman–Crippen LogP) is 6.95. The molecule has 0 saturated carbocycles. The Hall–Kier alpha value is -2.95. The lowest BCUT2D eigenvalue weighted by Gasteiger charge is -2.44. The molecular weight excluding hydrogens is 486 g/mol. The number of nitrogens with two attached hydrogens (primary N) is 1. The smallest absolute Gasteiger partial charge is 0.384 e. The molecule has 0 spiro atoms. The molecule has 0 saturated heterocycles. The van der Waals surface area contributed by atoms with Crippen LogP contribution in [0.15, 0.2) is 65.1 Å². The summed E-state index contributed by atoms with van der Waals surface area (Å²) in [6.07, 6.45) is -4.08. The van der Waals surface area contributed by atoms with Crippen LogP contribution in [0.2, 0.25) is 10.0 Å². The van der Waals surface area contributed by atoms with E-state index in [4.69, 9.17) is 28.9 Å². The summed E-state index contributed by atoms with van der Waals surface area (Å²) in [5, 5.41) is 10.4. The molecule has 2 aromatic rings. The highest BCUT2D eigenvalue weighted by Gasteiger charge is 2.45. The van der Waals surface area contributed by atoms with E-state index in [-0.39, 0.29) is 34.3 Å². The molecule has 0 amide bonds. The van der Waals surface area contributed by atoms with E-state index in [0.717, 1.165) is 18.2 Å². The van der Waals surface area contributed by atoms with Crippen LogP contribution in [-0.4, -0.2) is 5.78 Å². The van der Waals surface area contributed by atoms with Gasteiger partial charge in [-0.25, -0.2) is 0 Å². The summed E-state index contributed by atoms with van der Waals surface area (Å²) in [4.78, 5) is 14.8. The number of carbonyl (C=O) groups is 1. The van der Waals surface area contributed by atoms with E-state index in [0.29, 0.717) is 28.3 Å². The summed E-state index contributed by atoms with van der Waals surface area (Å²) >= 11 is 12.8. The molecule has 176 valence electrons. The summed E-state index contributed by atoms with van der Waals surface area (Å²) in [6, 6.07) is 11.8. The molecule has 0 unspecified atom stereocenters. The van der Waals surface area contributed by atoms with Gasteiger partial charge in [0.1, 0.15) is 5.82 Å². The van der Waals surface area contributed by atoms with Gasteiger partial charge in [0.2, 0.25) is 0 Å². The van der Waals surface area contributed by atoms with E-state index in [2.05, 4.69) is 6.07 Å². The van der Waals surface area contributed by atoms with Crippen molar-refractivity contribution in [2.45, 2.75) is 38.8 Å².